The summed E-state index contributed by atoms with van der Waals surface area (Å²) in [5.74, 6) is 0.481. The second kappa shape index (κ2) is 5.25. The molecule has 3 rings (SSSR count). The van der Waals surface area contributed by atoms with E-state index in [4.69, 9.17) is 4.84 Å². The van der Waals surface area contributed by atoms with Crippen molar-refractivity contribution >= 4 is 16.7 Å². The molecule has 2 aromatic rings. The van der Waals surface area contributed by atoms with Crippen LogP contribution in [0.2, 0.25) is 0 Å². The fraction of sp³-hybridized carbons (Fsp3) is 0.353. The van der Waals surface area contributed by atoms with Crippen LogP contribution in [-0.4, -0.2) is 23.6 Å². The van der Waals surface area contributed by atoms with Gasteiger partial charge in [0.25, 0.3) is 5.91 Å². The normalized spacial score (nSPS) is 18.4. The van der Waals surface area contributed by atoms with E-state index in [1.165, 1.54) is 10.8 Å². The van der Waals surface area contributed by atoms with Crippen LogP contribution in [0.4, 0.5) is 0 Å². The number of fused-ring (bicyclic) bond motifs is 1. The lowest BCUT2D eigenvalue weighted by atomic mass is 10.0. The van der Waals surface area contributed by atoms with Gasteiger partial charge in [-0.3, -0.25) is 9.63 Å². The molecule has 1 fully saturated rings. The lowest BCUT2D eigenvalue weighted by Crippen LogP contribution is -2.56. The van der Waals surface area contributed by atoms with Gasteiger partial charge in [0.2, 0.25) is 0 Å². The largest absolute Gasteiger partial charge is 0.272 e. The molecule has 0 bridgehead atoms. The molecule has 1 heterocycles. The molecule has 20 heavy (non-hydrogen) atoms. The summed E-state index contributed by atoms with van der Waals surface area (Å²) < 4.78 is 0. The average molecular weight is 269 g/mol. The van der Waals surface area contributed by atoms with Crippen LogP contribution < -0.4 is 0 Å². The van der Waals surface area contributed by atoms with Crippen LogP contribution in [-0.2, 0) is 16.1 Å². The van der Waals surface area contributed by atoms with E-state index in [-0.39, 0.29) is 11.9 Å². The molecule has 0 saturated carbocycles. The number of rotatable bonds is 3. The number of benzene rings is 2. The summed E-state index contributed by atoms with van der Waals surface area (Å²) in [5, 5.41) is 3.91. The molecule has 3 heteroatoms. The molecule has 1 aliphatic rings. The van der Waals surface area contributed by atoms with Crippen LogP contribution in [0.1, 0.15) is 19.4 Å². The molecule has 1 atom stereocenters. The van der Waals surface area contributed by atoms with Gasteiger partial charge in [-0.25, -0.2) is 5.06 Å². The van der Waals surface area contributed by atoms with Crippen LogP contribution >= 0.6 is 0 Å². The molecule has 1 amide bonds. The molecular formula is C17H19NO2. The van der Waals surface area contributed by atoms with E-state index < -0.39 is 0 Å². The summed E-state index contributed by atoms with van der Waals surface area (Å²) >= 11 is 0. The van der Waals surface area contributed by atoms with Crippen LogP contribution in [0.25, 0.3) is 10.8 Å². The van der Waals surface area contributed by atoms with Gasteiger partial charge in [0.05, 0.1) is 19.1 Å². The summed E-state index contributed by atoms with van der Waals surface area (Å²) in [6.07, 6.45) is 0.397. The Morgan fingerprint density at radius 3 is 2.65 bits per heavy atom. The smallest absolute Gasteiger partial charge is 0.250 e. The molecular weight excluding hydrogens is 250 g/mol. The predicted octanol–water partition coefficient (Wildman–Crippen LogP) is 3.18. The van der Waals surface area contributed by atoms with E-state index in [0.717, 1.165) is 5.56 Å². The SMILES string of the molecule is CC(C)[C@H]1CON1C(=O)Cc1ccc2ccccc2c1. The number of hydroxylamine groups is 2. The van der Waals surface area contributed by atoms with Crippen molar-refractivity contribution in [3.63, 3.8) is 0 Å². The molecule has 1 aliphatic heterocycles. The van der Waals surface area contributed by atoms with Crippen molar-refractivity contribution in [2.24, 2.45) is 5.92 Å². The van der Waals surface area contributed by atoms with Crippen molar-refractivity contribution in [3.8, 4) is 0 Å². The van der Waals surface area contributed by atoms with E-state index in [0.29, 0.717) is 18.9 Å². The second-order valence-corrected chi connectivity index (χ2v) is 5.68. The summed E-state index contributed by atoms with van der Waals surface area (Å²) in [5.41, 5.74) is 1.03. The van der Waals surface area contributed by atoms with Crippen molar-refractivity contribution in [3.05, 3.63) is 48.0 Å². The van der Waals surface area contributed by atoms with Crippen molar-refractivity contribution in [1.82, 2.24) is 5.06 Å². The number of amides is 1. The molecule has 104 valence electrons. The number of hydrogen-bond acceptors (Lipinski definition) is 2. The zero-order chi connectivity index (χ0) is 14.1. The highest BCUT2D eigenvalue weighted by Gasteiger charge is 2.36. The summed E-state index contributed by atoms with van der Waals surface area (Å²) in [7, 11) is 0. The molecule has 0 radical (unpaired) electrons. The minimum absolute atomic E-state index is 0.0465. The van der Waals surface area contributed by atoms with Gasteiger partial charge >= 0.3 is 0 Å². The first-order valence-corrected chi connectivity index (χ1v) is 7.08. The lowest BCUT2D eigenvalue weighted by Gasteiger charge is -2.41. The molecule has 3 nitrogen and oxygen atoms in total. The number of nitrogens with zero attached hydrogens (tertiary/aromatic N) is 1. The monoisotopic (exact) mass is 269 g/mol. The molecule has 2 aromatic carbocycles. The van der Waals surface area contributed by atoms with Gasteiger partial charge in [0, 0.05) is 0 Å². The third kappa shape index (κ3) is 2.41. The van der Waals surface area contributed by atoms with Crippen molar-refractivity contribution in [1.29, 1.82) is 0 Å². The standard InChI is InChI=1S/C17H19NO2/c1-12(2)16-11-20-18(16)17(19)10-13-7-8-14-5-3-4-6-15(14)9-13/h3-9,12,16H,10-11H2,1-2H3/t16-/m1/s1. The lowest BCUT2D eigenvalue weighted by molar-refractivity contribution is -0.281. The number of carbonyl (C=O) groups is 1. The van der Waals surface area contributed by atoms with Gasteiger partial charge in [-0.1, -0.05) is 56.3 Å². The minimum atomic E-state index is 0.0465. The number of carbonyl (C=O) groups excluding carboxylic acids is 1. The zero-order valence-corrected chi connectivity index (χ0v) is 11.9. The fourth-order valence-corrected chi connectivity index (χ4v) is 2.56. The van der Waals surface area contributed by atoms with Crippen molar-refractivity contribution in [2.75, 3.05) is 6.61 Å². The maximum atomic E-state index is 12.2. The maximum Gasteiger partial charge on any atom is 0.250 e. The van der Waals surface area contributed by atoms with Crippen molar-refractivity contribution < 1.29 is 9.63 Å². The van der Waals surface area contributed by atoms with Crippen LogP contribution in [0, 0.1) is 5.92 Å². The third-order valence-corrected chi connectivity index (χ3v) is 3.87. The Morgan fingerprint density at radius 1 is 1.25 bits per heavy atom. The second-order valence-electron chi connectivity index (χ2n) is 5.68. The maximum absolute atomic E-state index is 12.2. The molecule has 0 unspecified atom stereocenters. The van der Waals surface area contributed by atoms with Gasteiger partial charge < -0.3 is 0 Å². The van der Waals surface area contributed by atoms with E-state index >= 15 is 0 Å². The van der Waals surface area contributed by atoms with Gasteiger partial charge in [-0.15, -0.1) is 0 Å². The van der Waals surface area contributed by atoms with Gasteiger partial charge in [0.1, 0.15) is 0 Å². The third-order valence-electron chi connectivity index (χ3n) is 3.87. The van der Waals surface area contributed by atoms with Crippen LogP contribution in [0.15, 0.2) is 42.5 Å². The summed E-state index contributed by atoms with van der Waals surface area (Å²) in [4.78, 5) is 17.6. The van der Waals surface area contributed by atoms with E-state index in [2.05, 4.69) is 38.1 Å². The first kappa shape index (κ1) is 13.1. The minimum Gasteiger partial charge on any atom is -0.272 e. The Bertz CT molecular complexity index is 636. The Morgan fingerprint density at radius 2 is 2.00 bits per heavy atom. The van der Waals surface area contributed by atoms with Gasteiger partial charge in [-0.05, 0) is 22.3 Å². The highest BCUT2D eigenvalue weighted by atomic mass is 16.7. The summed E-state index contributed by atoms with van der Waals surface area (Å²) in [6.45, 7) is 4.88. The average Bonchev–Trinajstić information content (AvgIpc) is 2.36. The highest BCUT2D eigenvalue weighted by Crippen LogP contribution is 2.23. The van der Waals surface area contributed by atoms with E-state index in [9.17, 15) is 4.79 Å². The topological polar surface area (TPSA) is 29.5 Å². The highest BCUT2D eigenvalue weighted by molar-refractivity contribution is 5.85. The summed E-state index contributed by atoms with van der Waals surface area (Å²) in [6, 6.07) is 14.6. The Labute approximate surface area is 119 Å². The van der Waals surface area contributed by atoms with Crippen molar-refractivity contribution in [2.45, 2.75) is 26.3 Å². The molecule has 0 aliphatic carbocycles. The predicted molar refractivity (Wildman–Crippen MR) is 79.1 cm³/mol. The first-order chi connectivity index (χ1) is 9.65. The van der Waals surface area contributed by atoms with Gasteiger partial charge in [0.15, 0.2) is 0 Å². The molecule has 0 aromatic heterocycles. The van der Waals surface area contributed by atoms with E-state index in [1.807, 2.05) is 18.2 Å². The Hall–Kier alpha value is -1.87. The van der Waals surface area contributed by atoms with Crippen LogP contribution in [0.3, 0.4) is 0 Å². The first-order valence-electron chi connectivity index (χ1n) is 7.08. The molecule has 1 saturated heterocycles. The zero-order valence-electron chi connectivity index (χ0n) is 11.9. The quantitative estimate of drug-likeness (QED) is 0.856. The van der Waals surface area contributed by atoms with Crippen LogP contribution in [0.5, 0.6) is 0 Å². The number of hydrogen-bond donors (Lipinski definition) is 0. The Balaban J connectivity index is 1.74. The molecule has 0 spiro atoms. The fourth-order valence-electron chi connectivity index (χ4n) is 2.56. The van der Waals surface area contributed by atoms with Gasteiger partial charge in [-0.2, -0.15) is 0 Å². The Kier molecular flexibility index (Phi) is 3.45. The molecule has 0 N–H and O–H groups in total. The van der Waals surface area contributed by atoms with E-state index in [1.54, 1.807) is 5.06 Å².